The number of alkyl halides is 3. The van der Waals surface area contributed by atoms with E-state index in [1.54, 1.807) is 19.2 Å². The number of rotatable bonds is 5. The largest absolute Gasteiger partial charge is 0.497 e. The van der Waals surface area contributed by atoms with Crippen molar-refractivity contribution in [3.8, 4) is 5.75 Å². The van der Waals surface area contributed by atoms with Gasteiger partial charge in [0, 0.05) is 11.1 Å². The van der Waals surface area contributed by atoms with Gasteiger partial charge in [-0.25, -0.2) is 4.98 Å². The number of aromatic nitrogens is 1. The minimum absolute atomic E-state index is 0.335. The van der Waals surface area contributed by atoms with Crippen molar-refractivity contribution in [2.75, 3.05) is 13.7 Å². The molecular weight excluding hydrogens is 301 g/mol. The van der Waals surface area contributed by atoms with Crippen LogP contribution in [-0.2, 0) is 6.18 Å². The van der Waals surface area contributed by atoms with E-state index in [1.807, 2.05) is 19.1 Å². The zero-order valence-electron chi connectivity index (χ0n) is 11.6. The Morgan fingerprint density at radius 3 is 2.71 bits per heavy atom. The molecule has 0 spiro atoms. The lowest BCUT2D eigenvalue weighted by Gasteiger charge is -2.17. The Balaban J connectivity index is 2.36. The number of benzene rings is 1. The Bertz CT molecular complexity index is 598. The summed E-state index contributed by atoms with van der Waals surface area (Å²) in [6.07, 6.45) is -3.13. The third-order valence-electron chi connectivity index (χ3n) is 2.89. The monoisotopic (exact) mass is 316 g/mol. The van der Waals surface area contributed by atoms with Crippen LogP contribution in [0.15, 0.2) is 30.5 Å². The Labute approximate surface area is 124 Å². The number of nitrogens with zero attached hydrogens (tertiary/aromatic N) is 1. The summed E-state index contributed by atoms with van der Waals surface area (Å²) in [6.45, 7) is 2.53. The fraction of sp³-hybridized carbons (Fsp3) is 0.357. The third kappa shape index (κ3) is 3.74. The smallest absolute Gasteiger partial charge is 0.443 e. The first-order chi connectivity index (χ1) is 9.95. The average Bonchev–Trinajstić information content (AvgIpc) is 2.94. The Kier molecular flexibility index (Phi) is 4.84. The van der Waals surface area contributed by atoms with Crippen molar-refractivity contribution in [2.45, 2.75) is 19.1 Å². The SMILES string of the molecule is CCNC(c1cccc(OC)c1)c1cnc(C(F)(F)F)s1. The molecule has 2 aromatic rings. The molecule has 0 saturated carbocycles. The number of hydrogen-bond donors (Lipinski definition) is 1. The van der Waals surface area contributed by atoms with Crippen molar-refractivity contribution in [3.63, 3.8) is 0 Å². The molecule has 0 aliphatic heterocycles. The molecule has 2 rings (SSSR count). The van der Waals surface area contributed by atoms with E-state index < -0.39 is 11.2 Å². The molecule has 0 aliphatic carbocycles. The molecule has 0 aliphatic rings. The molecule has 0 saturated heterocycles. The van der Waals surface area contributed by atoms with E-state index in [0.717, 1.165) is 5.56 Å². The Hall–Kier alpha value is -1.60. The molecule has 1 heterocycles. The maximum Gasteiger partial charge on any atom is 0.443 e. The van der Waals surface area contributed by atoms with Crippen LogP contribution in [-0.4, -0.2) is 18.6 Å². The van der Waals surface area contributed by atoms with Crippen LogP contribution in [0.1, 0.15) is 28.4 Å². The van der Waals surface area contributed by atoms with Gasteiger partial charge in [-0.1, -0.05) is 19.1 Å². The van der Waals surface area contributed by atoms with Gasteiger partial charge in [0.15, 0.2) is 5.01 Å². The molecule has 0 fully saturated rings. The van der Waals surface area contributed by atoms with Crippen LogP contribution >= 0.6 is 11.3 Å². The summed E-state index contributed by atoms with van der Waals surface area (Å²) >= 11 is 0.657. The number of methoxy groups -OCH3 is 1. The molecule has 1 atom stereocenters. The van der Waals surface area contributed by atoms with Crippen LogP contribution in [0.2, 0.25) is 0 Å². The van der Waals surface area contributed by atoms with E-state index in [2.05, 4.69) is 10.3 Å². The first kappa shape index (κ1) is 15.8. The highest BCUT2D eigenvalue weighted by Crippen LogP contribution is 2.36. The van der Waals surface area contributed by atoms with Gasteiger partial charge in [0.1, 0.15) is 5.75 Å². The fourth-order valence-corrected chi connectivity index (χ4v) is 2.85. The van der Waals surface area contributed by atoms with Gasteiger partial charge in [-0.15, -0.1) is 11.3 Å². The lowest BCUT2D eigenvalue weighted by Crippen LogP contribution is -2.21. The van der Waals surface area contributed by atoms with E-state index in [1.165, 1.54) is 6.20 Å². The van der Waals surface area contributed by atoms with E-state index in [0.29, 0.717) is 28.5 Å². The van der Waals surface area contributed by atoms with Crippen LogP contribution in [0.25, 0.3) is 0 Å². The molecule has 0 bridgehead atoms. The molecule has 0 amide bonds. The molecule has 0 radical (unpaired) electrons. The van der Waals surface area contributed by atoms with Crippen LogP contribution in [0.4, 0.5) is 13.2 Å². The average molecular weight is 316 g/mol. The second-order valence-corrected chi connectivity index (χ2v) is 5.40. The maximum atomic E-state index is 12.7. The zero-order valence-corrected chi connectivity index (χ0v) is 12.4. The summed E-state index contributed by atoms with van der Waals surface area (Å²) in [7, 11) is 1.55. The highest BCUT2D eigenvalue weighted by Gasteiger charge is 2.35. The molecule has 3 nitrogen and oxygen atoms in total. The summed E-state index contributed by atoms with van der Waals surface area (Å²) in [5.74, 6) is 0.663. The molecule has 1 aromatic carbocycles. The highest BCUT2D eigenvalue weighted by atomic mass is 32.1. The third-order valence-corrected chi connectivity index (χ3v) is 3.99. The molecular formula is C14H15F3N2OS. The zero-order chi connectivity index (χ0) is 15.5. The van der Waals surface area contributed by atoms with Crippen molar-refractivity contribution >= 4 is 11.3 Å². The van der Waals surface area contributed by atoms with Gasteiger partial charge in [-0.2, -0.15) is 13.2 Å². The minimum Gasteiger partial charge on any atom is -0.497 e. The van der Waals surface area contributed by atoms with E-state index in [9.17, 15) is 13.2 Å². The second kappa shape index (κ2) is 6.44. The molecule has 114 valence electrons. The lowest BCUT2D eigenvalue weighted by atomic mass is 10.1. The maximum absolute atomic E-state index is 12.7. The van der Waals surface area contributed by atoms with Crippen molar-refractivity contribution < 1.29 is 17.9 Å². The quantitative estimate of drug-likeness (QED) is 0.909. The Morgan fingerprint density at radius 1 is 1.38 bits per heavy atom. The van der Waals surface area contributed by atoms with Gasteiger partial charge in [0.2, 0.25) is 0 Å². The predicted octanol–water partition coefficient (Wildman–Crippen LogP) is 3.87. The lowest BCUT2D eigenvalue weighted by molar-refractivity contribution is -0.137. The van der Waals surface area contributed by atoms with Gasteiger partial charge >= 0.3 is 6.18 Å². The number of nitrogens with one attached hydrogen (secondary N) is 1. The second-order valence-electron chi connectivity index (χ2n) is 4.33. The predicted molar refractivity (Wildman–Crippen MR) is 75.6 cm³/mol. The van der Waals surface area contributed by atoms with Gasteiger partial charge in [-0.3, -0.25) is 0 Å². The van der Waals surface area contributed by atoms with Crippen molar-refractivity contribution in [2.24, 2.45) is 0 Å². The molecule has 1 N–H and O–H groups in total. The topological polar surface area (TPSA) is 34.1 Å². The van der Waals surface area contributed by atoms with E-state index in [-0.39, 0.29) is 6.04 Å². The number of thiazole rings is 1. The first-order valence-corrected chi connectivity index (χ1v) is 7.17. The van der Waals surface area contributed by atoms with Gasteiger partial charge in [0.25, 0.3) is 0 Å². The van der Waals surface area contributed by atoms with Crippen LogP contribution < -0.4 is 10.1 Å². The highest BCUT2D eigenvalue weighted by molar-refractivity contribution is 7.11. The van der Waals surface area contributed by atoms with Gasteiger partial charge in [0.05, 0.1) is 13.2 Å². The first-order valence-electron chi connectivity index (χ1n) is 6.36. The summed E-state index contributed by atoms with van der Waals surface area (Å²) in [4.78, 5) is 4.01. The number of halogens is 3. The summed E-state index contributed by atoms with van der Waals surface area (Å²) < 4.78 is 43.2. The van der Waals surface area contributed by atoms with Gasteiger partial charge in [-0.05, 0) is 24.2 Å². The summed E-state index contributed by atoms with van der Waals surface area (Å²) in [6, 6.07) is 6.92. The molecule has 1 unspecified atom stereocenters. The fourth-order valence-electron chi connectivity index (χ4n) is 1.96. The Morgan fingerprint density at radius 2 is 2.14 bits per heavy atom. The van der Waals surface area contributed by atoms with E-state index in [4.69, 9.17) is 4.74 Å². The number of hydrogen-bond acceptors (Lipinski definition) is 4. The molecule has 1 aromatic heterocycles. The molecule has 21 heavy (non-hydrogen) atoms. The summed E-state index contributed by atoms with van der Waals surface area (Å²) in [5.41, 5.74) is 0.841. The van der Waals surface area contributed by atoms with Crippen LogP contribution in [0.3, 0.4) is 0 Å². The van der Waals surface area contributed by atoms with Crippen molar-refractivity contribution in [3.05, 3.63) is 45.9 Å². The minimum atomic E-state index is -4.41. The van der Waals surface area contributed by atoms with Crippen LogP contribution in [0, 0.1) is 0 Å². The normalized spacial score (nSPS) is 13.2. The molecule has 7 heteroatoms. The van der Waals surface area contributed by atoms with Crippen molar-refractivity contribution in [1.82, 2.24) is 10.3 Å². The van der Waals surface area contributed by atoms with E-state index >= 15 is 0 Å². The standard InChI is InChI=1S/C14H15F3N2OS/c1-3-18-12(9-5-4-6-10(7-9)20-2)11-8-19-13(21-11)14(15,16)17/h4-8,12,18H,3H2,1-2H3. The van der Waals surface area contributed by atoms with Crippen LogP contribution in [0.5, 0.6) is 5.75 Å². The van der Waals surface area contributed by atoms with Crippen molar-refractivity contribution in [1.29, 1.82) is 0 Å². The number of ether oxygens (including phenoxy) is 1. The van der Waals surface area contributed by atoms with Gasteiger partial charge < -0.3 is 10.1 Å². The summed E-state index contributed by atoms with van der Waals surface area (Å²) in [5, 5.41) is 2.35.